The maximum absolute atomic E-state index is 5.97. The number of ether oxygens (including phenoxy) is 1. The lowest BCUT2D eigenvalue weighted by molar-refractivity contribution is 0.0726. The van der Waals surface area contributed by atoms with Crippen LogP contribution in [0.25, 0.3) is 0 Å². The van der Waals surface area contributed by atoms with Crippen molar-refractivity contribution in [2.75, 3.05) is 6.61 Å². The van der Waals surface area contributed by atoms with E-state index >= 15 is 0 Å². The van der Waals surface area contributed by atoms with Crippen molar-refractivity contribution in [3.63, 3.8) is 0 Å². The Hall–Kier alpha value is -1.74. The van der Waals surface area contributed by atoms with Crippen LogP contribution in [0.15, 0.2) is 43.0 Å². The molecule has 1 aliphatic rings. The van der Waals surface area contributed by atoms with Gasteiger partial charge in [0.2, 0.25) is 0 Å². The molecular formula is C23H32N2O. The van der Waals surface area contributed by atoms with E-state index in [9.17, 15) is 0 Å². The van der Waals surface area contributed by atoms with Crippen molar-refractivity contribution in [2.45, 2.75) is 64.9 Å². The third kappa shape index (κ3) is 4.91. The molecule has 0 saturated carbocycles. The van der Waals surface area contributed by atoms with Gasteiger partial charge in [0.15, 0.2) is 0 Å². The molecule has 0 spiro atoms. The fraction of sp³-hybridized carbons (Fsp3) is 0.565. The molecule has 1 fully saturated rings. The minimum Gasteiger partial charge on any atom is -0.378 e. The number of hydrogen-bond donors (Lipinski definition) is 0. The highest BCUT2D eigenvalue weighted by Crippen LogP contribution is 2.33. The highest BCUT2D eigenvalue weighted by atomic mass is 16.5. The first kappa shape index (κ1) is 19.0. The van der Waals surface area contributed by atoms with Crippen molar-refractivity contribution in [3.8, 4) is 0 Å². The summed E-state index contributed by atoms with van der Waals surface area (Å²) >= 11 is 0. The first-order valence-corrected chi connectivity index (χ1v) is 9.98. The Balaban J connectivity index is 1.60. The first-order chi connectivity index (χ1) is 12.5. The average Bonchev–Trinajstić information content (AvgIpc) is 3.11. The van der Waals surface area contributed by atoms with Crippen LogP contribution >= 0.6 is 0 Å². The molecule has 3 nitrogen and oxygen atoms in total. The molecule has 0 aromatic carbocycles. The fourth-order valence-corrected chi connectivity index (χ4v) is 4.04. The van der Waals surface area contributed by atoms with E-state index in [0.717, 1.165) is 13.0 Å². The summed E-state index contributed by atoms with van der Waals surface area (Å²) in [7, 11) is 0. The van der Waals surface area contributed by atoms with Crippen LogP contribution in [-0.4, -0.2) is 22.7 Å². The van der Waals surface area contributed by atoms with Crippen LogP contribution in [0.1, 0.15) is 69.1 Å². The summed E-state index contributed by atoms with van der Waals surface area (Å²) in [6.45, 7) is 10.0. The number of rotatable bonds is 7. The summed E-state index contributed by atoms with van der Waals surface area (Å²) in [4.78, 5) is 8.64. The van der Waals surface area contributed by atoms with Gasteiger partial charge in [-0.15, -0.1) is 0 Å². The van der Waals surface area contributed by atoms with Crippen molar-refractivity contribution >= 4 is 0 Å². The molecule has 3 heterocycles. The average molecular weight is 353 g/mol. The van der Waals surface area contributed by atoms with E-state index in [-0.39, 0.29) is 0 Å². The van der Waals surface area contributed by atoms with E-state index < -0.39 is 0 Å². The summed E-state index contributed by atoms with van der Waals surface area (Å²) in [5.74, 6) is 2.30. The van der Waals surface area contributed by atoms with Gasteiger partial charge < -0.3 is 4.74 Å². The zero-order valence-corrected chi connectivity index (χ0v) is 16.6. The van der Waals surface area contributed by atoms with Crippen LogP contribution in [0.2, 0.25) is 0 Å². The zero-order valence-electron chi connectivity index (χ0n) is 16.6. The molecule has 3 rings (SSSR count). The van der Waals surface area contributed by atoms with Gasteiger partial charge in [-0.1, -0.05) is 33.8 Å². The van der Waals surface area contributed by atoms with E-state index in [1.54, 1.807) is 0 Å². The number of pyridine rings is 2. The summed E-state index contributed by atoms with van der Waals surface area (Å²) < 4.78 is 5.97. The standard InChI is InChI=1S/C23H32N2O/c1-16(2)23-12-20(15-26-23)10-18(4)22-11-19(13-25-14-22)9-17(3)21-5-7-24-8-6-21/h5-8,11,13-14,16-18,20,23H,9-10,12,15H2,1-4H3. The van der Waals surface area contributed by atoms with Gasteiger partial charge in [0.1, 0.15) is 0 Å². The molecule has 0 aliphatic carbocycles. The lowest BCUT2D eigenvalue weighted by atomic mass is 9.87. The Bertz CT molecular complexity index is 686. The van der Waals surface area contributed by atoms with Crippen LogP contribution in [0.4, 0.5) is 0 Å². The molecule has 0 bridgehead atoms. The first-order valence-electron chi connectivity index (χ1n) is 9.98. The van der Waals surface area contributed by atoms with Crippen LogP contribution < -0.4 is 0 Å². The molecule has 0 N–H and O–H groups in total. The molecule has 2 aromatic rings. The smallest absolute Gasteiger partial charge is 0.0601 e. The van der Waals surface area contributed by atoms with Crippen LogP contribution in [-0.2, 0) is 11.2 Å². The van der Waals surface area contributed by atoms with Crippen LogP contribution in [0.5, 0.6) is 0 Å². The number of nitrogens with zero attached hydrogens (tertiary/aromatic N) is 2. The molecule has 2 aromatic heterocycles. The van der Waals surface area contributed by atoms with Gasteiger partial charge >= 0.3 is 0 Å². The summed E-state index contributed by atoms with van der Waals surface area (Å²) in [6, 6.07) is 6.57. The van der Waals surface area contributed by atoms with Gasteiger partial charge in [-0.3, -0.25) is 9.97 Å². The highest BCUT2D eigenvalue weighted by Gasteiger charge is 2.28. The van der Waals surface area contributed by atoms with Gasteiger partial charge in [-0.2, -0.15) is 0 Å². The monoisotopic (exact) mass is 352 g/mol. The lowest BCUT2D eigenvalue weighted by Gasteiger charge is -2.18. The van der Waals surface area contributed by atoms with Gasteiger partial charge in [0.05, 0.1) is 6.10 Å². The Morgan fingerprint density at radius 2 is 1.77 bits per heavy atom. The van der Waals surface area contributed by atoms with E-state index in [0.29, 0.717) is 29.8 Å². The molecule has 0 radical (unpaired) electrons. The maximum atomic E-state index is 5.97. The molecule has 140 valence electrons. The third-order valence-corrected chi connectivity index (χ3v) is 5.74. The van der Waals surface area contributed by atoms with E-state index in [1.807, 2.05) is 24.8 Å². The third-order valence-electron chi connectivity index (χ3n) is 5.74. The molecule has 1 aliphatic heterocycles. The predicted molar refractivity (Wildman–Crippen MR) is 106 cm³/mol. The Morgan fingerprint density at radius 1 is 1.00 bits per heavy atom. The molecule has 3 heteroatoms. The van der Waals surface area contributed by atoms with Crippen molar-refractivity contribution in [1.29, 1.82) is 0 Å². The van der Waals surface area contributed by atoms with Crippen LogP contribution in [0.3, 0.4) is 0 Å². The Labute approximate surface area is 158 Å². The number of aromatic nitrogens is 2. The van der Waals surface area contributed by atoms with Crippen molar-refractivity contribution < 1.29 is 4.74 Å². The fourth-order valence-electron chi connectivity index (χ4n) is 4.04. The second kappa shape index (κ2) is 8.77. The molecule has 1 saturated heterocycles. The number of hydrogen-bond acceptors (Lipinski definition) is 3. The van der Waals surface area contributed by atoms with Crippen molar-refractivity contribution in [2.24, 2.45) is 11.8 Å². The van der Waals surface area contributed by atoms with Crippen molar-refractivity contribution in [3.05, 3.63) is 59.7 Å². The second-order valence-electron chi connectivity index (χ2n) is 8.37. The largest absolute Gasteiger partial charge is 0.378 e. The predicted octanol–water partition coefficient (Wildman–Crippen LogP) is 5.38. The van der Waals surface area contributed by atoms with Crippen molar-refractivity contribution in [1.82, 2.24) is 9.97 Å². The minimum absolute atomic E-state index is 0.442. The zero-order chi connectivity index (χ0) is 18.5. The van der Waals surface area contributed by atoms with Gasteiger partial charge in [0.25, 0.3) is 0 Å². The van der Waals surface area contributed by atoms with Crippen LogP contribution in [0, 0.1) is 11.8 Å². The summed E-state index contributed by atoms with van der Waals surface area (Å²) in [5.41, 5.74) is 4.01. The SMILES string of the molecule is CC(Cc1cncc(C(C)CC2COC(C(C)C)C2)c1)c1ccncc1. The van der Waals surface area contributed by atoms with Gasteiger partial charge in [-0.05, 0) is 71.8 Å². The molecule has 4 atom stereocenters. The molecule has 0 amide bonds. The van der Waals surface area contributed by atoms with Gasteiger partial charge in [0, 0.05) is 31.4 Å². The minimum atomic E-state index is 0.442. The Morgan fingerprint density at radius 3 is 2.46 bits per heavy atom. The maximum Gasteiger partial charge on any atom is 0.0601 e. The quantitative estimate of drug-likeness (QED) is 0.671. The molecular weight excluding hydrogens is 320 g/mol. The topological polar surface area (TPSA) is 35.0 Å². The second-order valence-corrected chi connectivity index (χ2v) is 8.37. The summed E-state index contributed by atoms with van der Waals surface area (Å²) in [6.07, 6.45) is 11.6. The summed E-state index contributed by atoms with van der Waals surface area (Å²) in [5, 5.41) is 0. The molecule has 26 heavy (non-hydrogen) atoms. The highest BCUT2D eigenvalue weighted by molar-refractivity contribution is 5.25. The van der Waals surface area contributed by atoms with Gasteiger partial charge in [-0.25, -0.2) is 0 Å². The molecule has 4 unspecified atom stereocenters. The lowest BCUT2D eigenvalue weighted by Crippen LogP contribution is -2.13. The Kier molecular flexibility index (Phi) is 6.42. The van der Waals surface area contributed by atoms with E-state index in [4.69, 9.17) is 4.74 Å². The normalized spacial score (nSPS) is 22.5. The van der Waals surface area contributed by atoms with E-state index in [1.165, 1.54) is 29.5 Å². The van der Waals surface area contributed by atoms with E-state index in [2.05, 4.69) is 55.9 Å².